The fourth-order valence-electron chi connectivity index (χ4n) is 3.61. The maximum absolute atomic E-state index is 12.8. The lowest BCUT2D eigenvalue weighted by atomic mass is 10.1. The fourth-order valence-corrected chi connectivity index (χ4v) is 3.61. The first kappa shape index (κ1) is 21.5. The highest BCUT2D eigenvalue weighted by Gasteiger charge is 2.28. The van der Waals surface area contributed by atoms with Gasteiger partial charge in [-0.1, -0.05) is 0 Å². The van der Waals surface area contributed by atoms with Crippen molar-refractivity contribution < 1.29 is 19.1 Å². The summed E-state index contributed by atoms with van der Waals surface area (Å²) in [4.78, 5) is 33.2. The molecule has 0 spiro atoms. The van der Waals surface area contributed by atoms with E-state index < -0.39 is 0 Å². The molecule has 1 atom stereocenters. The van der Waals surface area contributed by atoms with Crippen LogP contribution in [0.1, 0.15) is 44.0 Å². The first-order chi connectivity index (χ1) is 13.9. The summed E-state index contributed by atoms with van der Waals surface area (Å²) < 4.78 is 11.2. The maximum Gasteiger partial charge on any atom is 0.255 e. The summed E-state index contributed by atoms with van der Waals surface area (Å²) in [6.45, 7) is 9.79. The number of carbonyl (C=O) groups excluding carboxylic acids is 2. The molecule has 8 nitrogen and oxygen atoms in total. The van der Waals surface area contributed by atoms with Gasteiger partial charge in [0.15, 0.2) is 0 Å². The molecule has 3 rings (SSSR count). The first-order valence-electron chi connectivity index (χ1n) is 10.5. The minimum Gasteiger partial charge on any atom is -0.474 e. The Labute approximate surface area is 172 Å². The van der Waals surface area contributed by atoms with Gasteiger partial charge in [0.25, 0.3) is 5.91 Å². The Morgan fingerprint density at radius 2 is 1.83 bits per heavy atom. The van der Waals surface area contributed by atoms with Gasteiger partial charge < -0.3 is 19.7 Å². The number of rotatable bonds is 6. The smallest absolute Gasteiger partial charge is 0.255 e. The van der Waals surface area contributed by atoms with Crippen LogP contribution in [0, 0.1) is 0 Å². The van der Waals surface area contributed by atoms with Crippen molar-refractivity contribution in [2.45, 2.75) is 51.8 Å². The number of carbonyl (C=O) groups is 2. The fraction of sp³-hybridized carbons (Fsp3) is 0.667. The summed E-state index contributed by atoms with van der Waals surface area (Å²) in [5.41, 5.74) is 0.559. The lowest BCUT2D eigenvalue weighted by molar-refractivity contribution is -0.126. The van der Waals surface area contributed by atoms with E-state index >= 15 is 0 Å². The van der Waals surface area contributed by atoms with Gasteiger partial charge in [0.1, 0.15) is 6.10 Å². The van der Waals surface area contributed by atoms with E-state index in [4.69, 9.17) is 9.47 Å². The normalized spacial score (nSPS) is 19.8. The molecule has 2 aliphatic heterocycles. The van der Waals surface area contributed by atoms with Crippen molar-refractivity contribution in [2.24, 2.45) is 0 Å². The Morgan fingerprint density at radius 1 is 1.14 bits per heavy atom. The number of pyridine rings is 1. The third kappa shape index (κ3) is 5.90. The lowest BCUT2D eigenvalue weighted by Gasteiger charge is -2.37. The molecule has 2 amide bonds. The monoisotopic (exact) mass is 404 g/mol. The summed E-state index contributed by atoms with van der Waals surface area (Å²) >= 11 is 0. The topological polar surface area (TPSA) is 84.0 Å². The second-order valence-electron chi connectivity index (χ2n) is 7.98. The van der Waals surface area contributed by atoms with Crippen LogP contribution in [0.4, 0.5) is 0 Å². The van der Waals surface area contributed by atoms with Gasteiger partial charge in [-0.05, 0) is 26.8 Å². The average molecular weight is 405 g/mol. The Hall–Kier alpha value is -2.19. The Balaban J connectivity index is 1.49. The number of hydrogen-bond acceptors (Lipinski definition) is 6. The van der Waals surface area contributed by atoms with E-state index in [2.05, 4.69) is 15.2 Å². The Kier molecular flexibility index (Phi) is 7.44. The molecule has 160 valence electrons. The molecule has 1 aromatic heterocycles. The van der Waals surface area contributed by atoms with E-state index in [-0.39, 0.29) is 30.0 Å². The third-order valence-corrected chi connectivity index (χ3v) is 5.40. The van der Waals surface area contributed by atoms with E-state index in [0.717, 1.165) is 12.8 Å². The zero-order valence-electron chi connectivity index (χ0n) is 17.6. The van der Waals surface area contributed by atoms with Crippen LogP contribution in [0.5, 0.6) is 5.88 Å². The molecule has 1 aromatic rings. The molecule has 8 heteroatoms. The first-order valence-corrected chi connectivity index (χ1v) is 10.5. The highest BCUT2D eigenvalue weighted by atomic mass is 16.5. The Bertz CT molecular complexity index is 680. The van der Waals surface area contributed by atoms with Crippen LogP contribution < -0.4 is 10.1 Å². The van der Waals surface area contributed by atoms with Gasteiger partial charge in [-0.25, -0.2) is 4.98 Å². The van der Waals surface area contributed by atoms with Gasteiger partial charge in [-0.15, -0.1) is 0 Å². The van der Waals surface area contributed by atoms with Crippen LogP contribution >= 0.6 is 0 Å². The van der Waals surface area contributed by atoms with Crippen LogP contribution in [-0.2, 0) is 9.53 Å². The molecule has 0 bridgehead atoms. The molecule has 0 saturated carbocycles. The molecule has 0 radical (unpaired) electrons. The average Bonchev–Trinajstić information content (AvgIpc) is 2.73. The minimum absolute atomic E-state index is 0.0316. The standard InChI is InChI=1S/C21H32N4O4/c1-15(2)23-20(26)16(3)24-8-10-25(11-9-24)21(27)17-4-5-19(22-14-17)29-18-6-12-28-13-7-18/h4-5,14-16,18H,6-13H2,1-3H3,(H,23,26). The van der Waals surface area contributed by atoms with Crippen molar-refractivity contribution in [2.75, 3.05) is 39.4 Å². The largest absolute Gasteiger partial charge is 0.474 e. The van der Waals surface area contributed by atoms with Gasteiger partial charge in [0, 0.05) is 57.3 Å². The summed E-state index contributed by atoms with van der Waals surface area (Å²) in [6.07, 6.45) is 3.43. The second kappa shape index (κ2) is 10.0. The lowest BCUT2D eigenvalue weighted by Crippen LogP contribution is -2.55. The zero-order valence-corrected chi connectivity index (χ0v) is 17.6. The maximum atomic E-state index is 12.8. The molecule has 2 fully saturated rings. The molecule has 29 heavy (non-hydrogen) atoms. The summed E-state index contributed by atoms with van der Waals surface area (Å²) in [5.74, 6) is 0.543. The van der Waals surface area contributed by atoms with E-state index in [1.807, 2.05) is 25.7 Å². The molecular formula is C21H32N4O4. The SMILES string of the molecule is CC(C)NC(=O)C(C)N1CCN(C(=O)c2ccc(OC3CCOCC3)nc2)CC1. The highest BCUT2D eigenvalue weighted by molar-refractivity contribution is 5.94. The molecule has 3 heterocycles. The minimum atomic E-state index is -0.196. The molecular weight excluding hydrogens is 372 g/mol. The van der Waals surface area contributed by atoms with Crippen molar-refractivity contribution in [3.63, 3.8) is 0 Å². The van der Waals surface area contributed by atoms with Crippen molar-refractivity contribution in [1.29, 1.82) is 0 Å². The molecule has 1 N–H and O–H groups in total. The predicted molar refractivity (Wildman–Crippen MR) is 109 cm³/mol. The molecule has 0 aliphatic carbocycles. The van der Waals surface area contributed by atoms with Crippen LogP contribution in [0.2, 0.25) is 0 Å². The van der Waals surface area contributed by atoms with Gasteiger partial charge >= 0.3 is 0 Å². The van der Waals surface area contributed by atoms with Crippen LogP contribution in [0.15, 0.2) is 18.3 Å². The summed E-state index contributed by atoms with van der Waals surface area (Å²) in [7, 11) is 0. The molecule has 1 unspecified atom stereocenters. The summed E-state index contributed by atoms with van der Waals surface area (Å²) in [5, 5.41) is 2.95. The summed E-state index contributed by atoms with van der Waals surface area (Å²) in [6, 6.07) is 3.46. The predicted octanol–water partition coefficient (Wildman–Crippen LogP) is 1.31. The van der Waals surface area contributed by atoms with Gasteiger partial charge in [-0.2, -0.15) is 0 Å². The second-order valence-corrected chi connectivity index (χ2v) is 7.98. The van der Waals surface area contributed by atoms with Crippen LogP contribution in [-0.4, -0.2) is 84.2 Å². The van der Waals surface area contributed by atoms with E-state index in [9.17, 15) is 9.59 Å². The van der Waals surface area contributed by atoms with Gasteiger partial charge in [-0.3, -0.25) is 14.5 Å². The molecule has 0 aromatic carbocycles. The molecule has 2 aliphatic rings. The number of nitrogens with zero attached hydrogens (tertiary/aromatic N) is 3. The van der Waals surface area contributed by atoms with Crippen LogP contribution in [0.3, 0.4) is 0 Å². The van der Waals surface area contributed by atoms with Gasteiger partial charge in [0.05, 0.1) is 24.8 Å². The highest BCUT2D eigenvalue weighted by Crippen LogP contribution is 2.17. The van der Waals surface area contributed by atoms with Crippen molar-refractivity contribution >= 4 is 11.8 Å². The Morgan fingerprint density at radius 3 is 2.41 bits per heavy atom. The number of aromatic nitrogens is 1. The number of ether oxygens (including phenoxy) is 2. The number of hydrogen-bond donors (Lipinski definition) is 1. The number of piperazine rings is 1. The van der Waals surface area contributed by atoms with Gasteiger partial charge in [0.2, 0.25) is 11.8 Å². The molecule has 2 saturated heterocycles. The number of amides is 2. The van der Waals surface area contributed by atoms with Crippen molar-refractivity contribution in [3.8, 4) is 5.88 Å². The van der Waals surface area contributed by atoms with E-state index in [0.29, 0.717) is 50.8 Å². The van der Waals surface area contributed by atoms with Crippen molar-refractivity contribution in [1.82, 2.24) is 20.1 Å². The van der Waals surface area contributed by atoms with E-state index in [1.54, 1.807) is 18.3 Å². The quantitative estimate of drug-likeness (QED) is 0.770. The number of nitrogens with one attached hydrogen (secondary N) is 1. The third-order valence-electron chi connectivity index (χ3n) is 5.40. The zero-order chi connectivity index (χ0) is 20.8. The van der Waals surface area contributed by atoms with E-state index in [1.165, 1.54) is 0 Å². The van der Waals surface area contributed by atoms with Crippen molar-refractivity contribution in [3.05, 3.63) is 23.9 Å². The van der Waals surface area contributed by atoms with Crippen LogP contribution in [0.25, 0.3) is 0 Å².